The van der Waals surface area contributed by atoms with Gasteiger partial charge in [0.15, 0.2) is 28.8 Å². The van der Waals surface area contributed by atoms with Gasteiger partial charge >= 0.3 is 5.97 Å². The standard InChI is InChI=1S/C30H35NO7/c1-7-12-38-24-11-9-19(16-26(24)36-5)28-27(30(33)37-6)17(2)31-21-13-20(14-22(32)29(21)28)18-8-10-23(34-3)25(15-18)35-4/h8-11,15-16,20,28,31H,7,12-14H2,1-6H3. The fourth-order valence-electron chi connectivity index (χ4n) is 5.29. The number of esters is 1. The first-order valence-electron chi connectivity index (χ1n) is 12.7. The number of Topliss-reactive ketones (excluding diaryl/α,β-unsaturated/α-hetero) is 1. The molecule has 1 N–H and O–H groups in total. The number of allylic oxidation sites excluding steroid dienone is 3. The summed E-state index contributed by atoms with van der Waals surface area (Å²) >= 11 is 0. The highest BCUT2D eigenvalue weighted by atomic mass is 16.5. The van der Waals surface area contributed by atoms with Gasteiger partial charge in [-0.3, -0.25) is 4.79 Å². The first kappa shape index (κ1) is 27.1. The number of methoxy groups -OCH3 is 4. The summed E-state index contributed by atoms with van der Waals surface area (Å²) in [5.41, 5.74) is 4.20. The van der Waals surface area contributed by atoms with E-state index in [1.165, 1.54) is 7.11 Å². The number of rotatable bonds is 9. The van der Waals surface area contributed by atoms with Crippen LogP contribution in [0, 0.1) is 0 Å². The van der Waals surface area contributed by atoms with Gasteiger partial charge in [0.25, 0.3) is 0 Å². The smallest absolute Gasteiger partial charge is 0.336 e. The molecule has 0 saturated heterocycles. The second-order valence-corrected chi connectivity index (χ2v) is 9.38. The van der Waals surface area contributed by atoms with E-state index in [-0.39, 0.29) is 11.7 Å². The lowest BCUT2D eigenvalue weighted by molar-refractivity contribution is -0.136. The lowest BCUT2D eigenvalue weighted by atomic mass is 9.71. The number of hydrogen-bond acceptors (Lipinski definition) is 8. The maximum atomic E-state index is 13.8. The van der Waals surface area contributed by atoms with Crippen LogP contribution < -0.4 is 24.3 Å². The van der Waals surface area contributed by atoms with Crippen LogP contribution in [-0.4, -0.2) is 46.8 Å². The van der Waals surface area contributed by atoms with Gasteiger partial charge in [-0.15, -0.1) is 0 Å². The number of carbonyl (C=O) groups is 2. The van der Waals surface area contributed by atoms with Crippen molar-refractivity contribution >= 4 is 11.8 Å². The molecule has 4 rings (SSSR count). The van der Waals surface area contributed by atoms with E-state index in [0.29, 0.717) is 59.3 Å². The molecule has 2 aromatic rings. The summed E-state index contributed by atoms with van der Waals surface area (Å²) in [6.07, 6.45) is 1.77. The van der Waals surface area contributed by atoms with E-state index < -0.39 is 11.9 Å². The predicted octanol–water partition coefficient (Wildman–Crippen LogP) is 5.04. The van der Waals surface area contributed by atoms with E-state index in [1.54, 1.807) is 21.3 Å². The molecule has 2 aliphatic rings. The number of carbonyl (C=O) groups excluding carboxylic acids is 2. The van der Waals surface area contributed by atoms with Crippen LogP contribution in [0.3, 0.4) is 0 Å². The van der Waals surface area contributed by atoms with Crippen molar-refractivity contribution in [3.05, 3.63) is 70.1 Å². The van der Waals surface area contributed by atoms with Gasteiger partial charge in [0.05, 0.1) is 40.6 Å². The Morgan fingerprint density at radius 3 is 2.18 bits per heavy atom. The molecule has 202 valence electrons. The van der Waals surface area contributed by atoms with Gasteiger partial charge in [-0.2, -0.15) is 0 Å². The van der Waals surface area contributed by atoms with Gasteiger partial charge in [0.1, 0.15) is 0 Å². The Morgan fingerprint density at radius 1 is 0.895 bits per heavy atom. The van der Waals surface area contributed by atoms with Crippen molar-refractivity contribution < 1.29 is 33.3 Å². The third-order valence-electron chi connectivity index (χ3n) is 7.09. The van der Waals surface area contributed by atoms with Crippen LogP contribution in [0.4, 0.5) is 0 Å². The highest BCUT2D eigenvalue weighted by Gasteiger charge is 2.41. The Balaban J connectivity index is 1.78. The maximum absolute atomic E-state index is 13.8. The summed E-state index contributed by atoms with van der Waals surface area (Å²) in [5.74, 6) is 1.27. The molecule has 0 spiro atoms. The average Bonchev–Trinajstić information content (AvgIpc) is 2.94. The number of ketones is 1. The molecule has 0 fully saturated rings. The number of benzene rings is 2. The lowest BCUT2D eigenvalue weighted by Crippen LogP contribution is -2.36. The molecule has 38 heavy (non-hydrogen) atoms. The fraction of sp³-hybridized carbons (Fsp3) is 0.400. The van der Waals surface area contributed by atoms with E-state index in [9.17, 15) is 9.59 Å². The Kier molecular flexibility index (Phi) is 8.29. The van der Waals surface area contributed by atoms with Crippen molar-refractivity contribution in [2.45, 2.75) is 44.9 Å². The van der Waals surface area contributed by atoms with Crippen molar-refractivity contribution in [3.8, 4) is 23.0 Å². The number of ether oxygens (including phenoxy) is 5. The van der Waals surface area contributed by atoms with Crippen molar-refractivity contribution in [1.29, 1.82) is 0 Å². The van der Waals surface area contributed by atoms with Gasteiger partial charge in [-0.05, 0) is 61.1 Å². The highest BCUT2D eigenvalue weighted by molar-refractivity contribution is 6.04. The molecule has 1 aliphatic carbocycles. The van der Waals surface area contributed by atoms with Crippen LogP contribution in [0.5, 0.6) is 23.0 Å². The highest BCUT2D eigenvalue weighted by Crippen LogP contribution is 2.47. The zero-order valence-electron chi connectivity index (χ0n) is 22.8. The van der Waals surface area contributed by atoms with Crippen molar-refractivity contribution in [1.82, 2.24) is 5.32 Å². The molecule has 8 heteroatoms. The van der Waals surface area contributed by atoms with E-state index in [0.717, 1.165) is 23.2 Å². The number of hydrogen-bond donors (Lipinski definition) is 1. The van der Waals surface area contributed by atoms with E-state index in [4.69, 9.17) is 23.7 Å². The SMILES string of the molecule is CCCOc1ccc(C2C(C(=O)OC)=C(C)NC3=C2C(=O)CC(c2ccc(OC)c(OC)c2)C3)cc1OC. The van der Waals surface area contributed by atoms with Crippen molar-refractivity contribution in [3.63, 3.8) is 0 Å². The van der Waals surface area contributed by atoms with E-state index >= 15 is 0 Å². The average molecular weight is 522 g/mol. The van der Waals surface area contributed by atoms with Gasteiger partial charge in [0.2, 0.25) is 0 Å². The summed E-state index contributed by atoms with van der Waals surface area (Å²) < 4.78 is 27.4. The normalized spacial score (nSPS) is 18.9. The Labute approximate surface area is 223 Å². The quantitative estimate of drug-likeness (QED) is 0.459. The summed E-state index contributed by atoms with van der Waals surface area (Å²) in [6, 6.07) is 11.3. The molecule has 2 aromatic carbocycles. The van der Waals surface area contributed by atoms with Crippen LogP contribution in [0.1, 0.15) is 56.1 Å². The summed E-state index contributed by atoms with van der Waals surface area (Å²) in [5, 5.41) is 3.36. The molecule has 0 bridgehead atoms. The largest absolute Gasteiger partial charge is 0.493 e. The minimum atomic E-state index is -0.591. The third kappa shape index (κ3) is 5.08. The second kappa shape index (κ2) is 11.6. The molecule has 2 unspecified atom stereocenters. The summed E-state index contributed by atoms with van der Waals surface area (Å²) in [7, 11) is 6.11. The van der Waals surface area contributed by atoms with Crippen LogP contribution >= 0.6 is 0 Å². The van der Waals surface area contributed by atoms with Gasteiger partial charge in [-0.25, -0.2) is 4.79 Å². The number of nitrogens with one attached hydrogen (secondary N) is 1. The van der Waals surface area contributed by atoms with E-state index in [2.05, 4.69) is 5.32 Å². The van der Waals surface area contributed by atoms with Crippen molar-refractivity contribution in [2.75, 3.05) is 35.0 Å². The Morgan fingerprint density at radius 2 is 1.53 bits per heavy atom. The van der Waals surface area contributed by atoms with Gasteiger partial charge in [0, 0.05) is 29.3 Å². The monoisotopic (exact) mass is 521 g/mol. The molecule has 0 aromatic heterocycles. The topological polar surface area (TPSA) is 92.3 Å². The molecule has 1 heterocycles. The zero-order chi connectivity index (χ0) is 27.4. The molecule has 2 atom stereocenters. The molecular weight excluding hydrogens is 486 g/mol. The predicted molar refractivity (Wildman–Crippen MR) is 143 cm³/mol. The Hall–Kier alpha value is -3.94. The lowest BCUT2D eigenvalue weighted by Gasteiger charge is -2.36. The van der Waals surface area contributed by atoms with E-state index in [1.807, 2.05) is 50.2 Å². The van der Waals surface area contributed by atoms with Crippen LogP contribution in [0.15, 0.2) is 58.9 Å². The number of dihydropyridines is 1. The molecule has 0 saturated carbocycles. The summed E-state index contributed by atoms with van der Waals surface area (Å²) in [4.78, 5) is 26.8. The Bertz CT molecular complexity index is 1290. The molecule has 8 nitrogen and oxygen atoms in total. The molecule has 0 amide bonds. The molecule has 1 aliphatic heterocycles. The second-order valence-electron chi connectivity index (χ2n) is 9.38. The van der Waals surface area contributed by atoms with Crippen LogP contribution in [-0.2, 0) is 14.3 Å². The van der Waals surface area contributed by atoms with Gasteiger partial charge in [-0.1, -0.05) is 19.1 Å². The summed E-state index contributed by atoms with van der Waals surface area (Å²) in [6.45, 7) is 4.42. The maximum Gasteiger partial charge on any atom is 0.336 e. The first-order chi connectivity index (χ1) is 18.4. The minimum absolute atomic E-state index is 0.0253. The minimum Gasteiger partial charge on any atom is -0.493 e. The van der Waals surface area contributed by atoms with Crippen LogP contribution in [0.2, 0.25) is 0 Å². The van der Waals surface area contributed by atoms with Crippen molar-refractivity contribution in [2.24, 2.45) is 0 Å². The van der Waals surface area contributed by atoms with Gasteiger partial charge < -0.3 is 29.0 Å². The molecular formula is C30H35NO7. The third-order valence-corrected chi connectivity index (χ3v) is 7.09. The zero-order valence-corrected chi connectivity index (χ0v) is 22.8. The fourth-order valence-corrected chi connectivity index (χ4v) is 5.29. The first-order valence-corrected chi connectivity index (χ1v) is 12.7. The molecule has 0 radical (unpaired) electrons. The van der Waals surface area contributed by atoms with Crippen LogP contribution in [0.25, 0.3) is 0 Å².